The molecule has 0 amide bonds. The normalized spacial score (nSPS) is 18.8. The highest BCUT2D eigenvalue weighted by molar-refractivity contribution is 7.99. The van der Waals surface area contributed by atoms with Gasteiger partial charge >= 0.3 is 0 Å². The summed E-state index contributed by atoms with van der Waals surface area (Å²) >= 11 is 2.01. The Morgan fingerprint density at radius 2 is 2.05 bits per heavy atom. The van der Waals surface area contributed by atoms with Crippen molar-refractivity contribution in [1.82, 2.24) is 0 Å². The van der Waals surface area contributed by atoms with Gasteiger partial charge in [0.15, 0.2) is 0 Å². The highest BCUT2D eigenvalue weighted by Gasteiger charge is 2.26. The summed E-state index contributed by atoms with van der Waals surface area (Å²) in [4.78, 5) is 1.38. The van der Waals surface area contributed by atoms with E-state index >= 15 is 0 Å². The fourth-order valence-corrected chi connectivity index (χ4v) is 3.92. The van der Waals surface area contributed by atoms with E-state index in [4.69, 9.17) is 5.73 Å². The van der Waals surface area contributed by atoms with Gasteiger partial charge in [0, 0.05) is 17.2 Å². The third-order valence-electron chi connectivity index (χ3n) is 3.95. The van der Waals surface area contributed by atoms with Crippen LogP contribution in [0.2, 0.25) is 0 Å². The van der Waals surface area contributed by atoms with Crippen molar-refractivity contribution in [1.29, 1.82) is 0 Å². The molecule has 1 saturated carbocycles. The van der Waals surface area contributed by atoms with E-state index in [1.54, 1.807) is 0 Å². The Morgan fingerprint density at radius 3 is 2.79 bits per heavy atom. The van der Waals surface area contributed by atoms with E-state index in [0.29, 0.717) is 12.0 Å². The molecule has 1 aliphatic rings. The van der Waals surface area contributed by atoms with Crippen LogP contribution in [0.4, 0.5) is 0 Å². The highest BCUT2D eigenvalue weighted by Crippen LogP contribution is 2.40. The smallest absolute Gasteiger partial charge is 0.0110 e. The van der Waals surface area contributed by atoms with Crippen molar-refractivity contribution in [2.75, 3.05) is 12.3 Å². The maximum atomic E-state index is 5.50. The SMILES string of the molecule is CC1(CSc2cccc(C=CCN)c2)CCCCC1. The predicted molar refractivity (Wildman–Crippen MR) is 86.4 cm³/mol. The number of benzene rings is 1. The van der Waals surface area contributed by atoms with Crippen molar-refractivity contribution >= 4 is 17.8 Å². The van der Waals surface area contributed by atoms with E-state index in [1.807, 2.05) is 17.8 Å². The third kappa shape index (κ3) is 4.70. The molecular formula is C17H25NS. The summed E-state index contributed by atoms with van der Waals surface area (Å²) in [6.45, 7) is 3.06. The minimum atomic E-state index is 0.548. The lowest BCUT2D eigenvalue weighted by atomic mass is 9.77. The molecule has 1 aliphatic carbocycles. The molecule has 0 aromatic heterocycles. The Labute approximate surface area is 121 Å². The fraction of sp³-hybridized carbons (Fsp3) is 0.529. The quantitative estimate of drug-likeness (QED) is 0.787. The minimum absolute atomic E-state index is 0.548. The second kappa shape index (κ2) is 7.16. The van der Waals surface area contributed by atoms with Crippen LogP contribution in [0.3, 0.4) is 0 Å². The number of nitrogens with two attached hydrogens (primary N) is 1. The van der Waals surface area contributed by atoms with E-state index < -0.39 is 0 Å². The van der Waals surface area contributed by atoms with Crippen molar-refractivity contribution in [3.05, 3.63) is 35.9 Å². The molecule has 0 spiro atoms. The first-order valence-corrected chi connectivity index (χ1v) is 8.30. The number of thioether (sulfide) groups is 1. The number of hydrogen-bond donors (Lipinski definition) is 1. The van der Waals surface area contributed by atoms with E-state index in [-0.39, 0.29) is 0 Å². The van der Waals surface area contributed by atoms with Crippen LogP contribution in [-0.2, 0) is 0 Å². The zero-order chi connectivity index (χ0) is 13.6. The van der Waals surface area contributed by atoms with Crippen molar-refractivity contribution in [2.24, 2.45) is 11.1 Å². The lowest BCUT2D eigenvalue weighted by molar-refractivity contribution is 0.251. The van der Waals surface area contributed by atoms with Gasteiger partial charge in [0.25, 0.3) is 0 Å². The molecule has 0 saturated heterocycles. The molecule has 1 nitrogen and oxygen atoms in total. The number of rotatable bonds is 5. The molecule has 0 atom stereocenters. The van der Waals surface area contributed by atoms with Crippen LogP contribution in [0.1, 0.15) is 44.6 Å². The first kappa shape index (κ1) is 14.7. The Kier molecular flexibility index (Phi) is 5.53. The third-order valence-corrected chi connectivity index (χ3v) is 5.38. The van der Waals surface area contributed by atoms with Gasteiger partial charge in [-0.15, -0.1) is 11.8 Å². The van der Waals surface area contributed by atoms with E-state index in [1.165, 1.54) is 48.3 Å². The maximum absolute atomic E-state index is 5.50. The highest BCUT2D eigenvalue weighted by atomic mass is 32.2. The van der Waals surface area contributed by atoms with Crippen LogP contribution in [0.15, 0.2) is 35.2 Å². The van der Waals surface area contributed by atoms with Crippen molar-refractivity contribution in [2.45, 2.75) is 43.9 Å². The summed E-state index contributed by atoms with van der Waals surface area (Å²) in [5.41, 5.74) is 7.30. The molecule has 2 heteroatoms. The number of hydrogen-bond acceptors (Lipinski definition) is 2. The standard InChI is InChI=1S/C17H25NS/c1-17(10-3-2-4-11-17)14-19-16-9-5-7-15(13-16)8-6-12-18/h5-9,13H,2-4,10-12,14,18H2,1H3. The largest absolute Gasteiger partial charge is 0.327 e. The van der Waals surface area contributed by atoms with Gasteiger partial charge < -0.3 is 5.73 Å². The zero-order valence-electron chi connectivity index (χ0n) is 11.9. The zero-order valence-corrected chi connectivity index (χ0v) is 12.7. The lowest BCUT2D eigenvalue weighted by Gasteiger charge is -2.33. The Balaban J connectivity index is 1.93. The van der Waals surface area contributed by atoms with E-state index in [2.05, 4.69) is 37.3 Å². The summed E-state index contributed by atoms with van der Waals surface area (Å²) in [6.07, 6.45) is 11.2. The van der Waals surface area contributed by atoms with Gasteiger partial charge in [-0.25, -0.2) is 0 Å². The molecule has 1 aromatic rings. The minimum Gasteiger partial charge on any atom is -0.327 e. The Hall–Kier alpha value is -0.730. The summed E-state index contributed by atoms with van der Waals surface area (Å²) in [5.74, 6) is 1.25. The van der Waals surface area contributed by atoms with Crippen LogP contribution in [0.5, 0.6) is 0 Å². The molecule has 0 radical (unpaired) electrons. The van der Waals surface area contributed by atoms with Crippen molar-refractivity contribution in [3.8, 4) is 0 Å². The van der Waals surface area contributed by atoms with Crippen LogP contribution in [0.25, 0.3) is 6.08 Å². The van der Waals surface area contributed by atoms with Gasteiger partial charge in [-0.05, 0) is 36.0 Å². The molecule has 104 valence electrons. The van der Waals surface area contributed by atoms with Gasteiger partial charge in [-0.3, -0.25) is 0 Å². The molecule has 1 fully saturated rings. The molecule has 0 aliphatic heterocycles. The molecule has 2 N–H and O–H groups in total. The molecule has 0 bridgehead atoms. The molecule has 1 aromatic carbocycles. The lowest BCUT2D eigenvalue weighted by Crippen LogP contribution is -2.22. The fourth-order valence-electron chi connectivity index (χ4n) is 2.72. The van der Waals surface area contributed by atoms with E-state index in [9.17, 15) is 0 Å². The van der Waals surface area contributed by atoms with Crippen LogP contribution < -0.4 is 5.73 Å². The average Bonchev–Trinajstić information content (AvgIpc) is 2.44. The van der Waals surface area contributed by atoms with Gasteiger partial charge in [0.2, 0.25) is 0 Å². The van der Waals surface area contributed by atoms with Crippen molar-refractivity contribution in [3.63, 3.8) is 0 Å². The summed E-state index contributed by atoms with van der Waals surface area (Å²) in [7, 11) is 0. The maximum Gasteiger partial charge on any atom is 0.0110 e. The molecule has 19 heavy (non-hydrogen) atoms. The van der Waals surface area contributed by atoms with Crippen LogP contribution >= 0.6 is 11.8 Å². The molecule has 0 heterocycles. The summed E-state index contributed by atoms with van der Waals surface area (Å²) < 4.78 is 0. The summed E-state index contributed by atoms with van der Waals surface area (Å²) in [5, 5.41) is 0. The van der Waals surface area contributed by atoms with E-state index in [0.717, 1.165) is 0 Å². The second-order valence-electron chi connectivity index (χ2n) is 5.87. The first-order chi connectivity index (χ1) is 9.22. The van der Waals surface area contributed by atoms with Crippen LogP contribution in [0, 0.1) is 5.41 Å². The first-order valence-electron chi connectivity index (χ1n) is 7.31. The second-order valence-corrected chi connectivity index (χ2v) is 6.92. The molecule has 2 rings (SSSR count). The Morgan fingerprint density at radius 1 is 1.26 bits per heavy atom. The monoisotopic (exact) mass is 275 g/mol. The molecule has 0 unspecified atom stereocenters. The summed E-state index contributed by atoms with van der Waals surface area (Å²) in [6, 6.07) is 8.76. The topological polar surface area (TPSA) is 26.0 Å². The van der Waals surface area contributed by atoms with Gasteiger partial charge in [0.1, 0.15) is 0 Å². The van der Waals surface area contributed by atoms with Crippen molar-refractivity contribution < 1.29 is 0 Å². The molecular weight excluding hydrogens is 250 g/mol. The van der Waals surface area contributed by atoms with Gasteiger partial charge in [-0.2, -0.15) is 0 Å². The van der Waals surface area contributed by atoms with Gasteiger partial charge in [0.05, 0.1) is 0 Å². The predicted octanol–water partition coefficient (Wildman–Crippen LogP) is 4.72. The average molecular weight is 275 g/mol. The Bertz CT molecular complexity index is 419. The van der Waals surface area contributed by atoms with Crippen LogP contribution in [-0.4, -0.2) is 12.3 Å². The van der Waals surface area contributed by atoms with Gasteiger partial charge in [-0.1, -0.05) is 50.5 Å².